The van der Waals surface area contributed by atoms with E-state index in [0.29, 0.717) is 0 Å². The van der Waals surface area contributed by atoms with Crippen molar-refractivity contribution in [3.05, 3.63) is 44.9 Å². The molecule has 0 N–H and O–H groups in total. The molecule has 0 bridgehead atoms. The second-order valence-corrected chi connectivity index (χ2v) is 11.0. The van der Waals surface area contributed by atoms with Crippen LogP contribution in [-0.2, 0) is 6.42 Å². The van der Waals surface area contributed by atoms with Crippen LogP contribution in [-0.4, -0.2) is 0 Å². The fraction of sp³-hybridized carbons (Fsp3) is 0.652. The maximum atomic E-state index is 3.52. The van der Waals surface area contributed by atoms with Gasteiger partial charge in [0.25, 0.3) is 0 Å². The molecule has 0 atom stereocenters. The molecule has 0 saturated heterocycles. The lowest BCUT2D eigenvalue weighted by Crippen LogP contribution is -2.25. The Hall–Kier alpha value is -0.0800. The Labute approximate surface area is 171 Å². The molecule has 2 aliphatic rings. The van der Waals surface area contributed by atoms with Gasteiger partial charge in [-0.1, -0.05) is 43.7 Å². The summed E-state index contributed by atoms with van der Waals surface area (Å²) >= 11 is 7.04. The number of benzene rings is 1. The van der Waals surface area contributed by atoms with Gasteiger partial charge in [0, 0.05) is 0 Å². The Kier molecular flexibility index (Phi) is 7.66. The minimum Gasteiger partial charge on any atom is -0.0651 e. The Morgan fingerprint density at radius 1 is 0.880 bits per heavy atom. The van der Waals surface area contributed by atoms with Crippen LogP contribution < -0.4 is 0 Å². The fourth-order valence-corrected chi connectivity index (χ4v) is 5.88. The summed E-state index contributed by atoms with van der Waals surface area (Å²) in [6, 6.07) is 9.54. The van der Waals surface area contributed by atoms with Crippen molar-refractivity contribution in [2.45, 2.75) is 77.0 Å². The molecule has 0 heterocycles. The zero-order valence-electron chi connectivity index (χ0n) is 15.5. The van der Waals surface area contributed by atoms with Crippen molar-refractivity contribution in [3.63, 3.8) is 0 Å². The van der Waals surface area contributed by atoms with Crippen molar-refractivity contribution in [1.29, 1.82) is 0 Å². The van der Waals surface area contributed by atoms with Crippen LogP contribution in [0.3, 0.4) is 0 Å². The lowest BCUT2D eigenvalue weighted by Gasteiger charge is -2.37. The molecule has 1 aromatic rings. The highest BCUT2D eigenvalue weighted by Crippen LogP contribution is 2.44. The van der Waals surface area contributed by atoms with Gasteiger partial charge >= 0.3 is 0 Å². The molecule has 2 heteroatoms. The predicted molar refractivity (Wildman–Crippen MR) is 117 cm³/mol. The van der Waals surface area contributed by atoms with E-state index in [-0.39, 0.29) is 0 Å². The van der Waals surface area contributed by atoms with Gasteiger partial charge < -0.3 is 0 Å². The van der Waals surface area contributed by atoms with Crippen LogP contribution in [0, 0.1) is 17.8 Å². The average Bonchev–Trinajstić information content (AvgIpc) is 2.63. The van der Waals surface area contributed by atoms with Crippen molar-refractivity contribution >= 4 is 31.9 Å². The summed E-state index contributed by atoms with van der Waals surface area (Å²) in [5, 5.41) is 0. The molecule has 0 aliphatic heterocycles. The predicted octanol–water partition coefficient (Wildman–Crippen LogP) is 8.35. The highest BCUT2D eigenvalue weighted by molar-refractivity contribution is 9.28. The molecule has 0 spiro atoms. The van der Waals surface area contributed by atoms with Crippen LogP contribution in [0.15, 0.2) is 33.7 Å². The van der Waals surface area contributed by atoms with Crippen LogP contribution in [0.2, 0.25) is 0 Å². The molecular formula is C23H32Br2. The molecule has 0 unspecified atom stereocenters. The molecule has 138 valence electrons. The first-order valence-electron chi connectivity index (χ1n) is 10.3. The fourth-order valence-electron chi connectivity index (χ4n) is 5.13. The summed E-state index contributed by atoms with van der Waals surface area (Å²) in [4.78, 5) is 0. The Balaban J connectivity index is 1.46. The topological polar surface area (TPSA) is 0 Å². The third-order valence-electron chi connectivity index (χ3n) is 6.61. The van der Waals surface area contributed by atoms with Crippen molar-refractivity contribution in [2.75, 3.05) is 0 Å². The van der Waals surface area contributed by atoms with Gasteiger partial charge in [-0.2, -0.15) is 0 Å². The molecule has 2 fully saturated rings. The van der Waals surface area contributed by atoms with E-state index in [0.717, 1.165) is 27.1 Å². The molecule has 0 aromatic heterocycles. The van der Waals surface area contributed by atoms with E-state index < -0.39 is 0 Å². The third-order valence-corrected chi connectivity index (χ3v) is 7.14. The number of allylic oxidation sites excluding steroid dienone is 1. The monoisotopic (exact) mass is 466 g/mol. The Morgan fingerprint density at radius 3 is 1.96 bits per heavy atom. The highest BCUT2D eigenvalue weighted by Gasteiger charge is 2.30. The van der Waals surface area contributed by atoms with E-state index in [1.54, 1.807) is 5.56 Å². The summed E-state index contributed by atoms with van der Waals surface area (Å²) in [7, 11) is 0. The van der Waals surface area contributed by atoms with E-state index in [2.05, 4.69) is 69.1 Å². The van der Waals surface area contributed by atoms with E-state index in [4.69, 9.17) is 0 Å². The Morgan fingerprint density at radius 2 is 1.44 bits per heavy atom. The van der Waals surface area contributed by atoms with Crippen molar-refractivity contribution in [1.82, 2.24) is 0 Å². The maximum Gasteiger partial charge on any atom is 0.0567 e. The van der Waals surface area contributed by atoms with Gasteiger partial charge in [-0.3, -0.25) is 0 Å². The number of hydrogen-bond donors (Lipinski definition) is 0. The first-order chi connectivity index (χ1) is 12.2. The van der Waals surface area contributed by atoms with Crippen molar-refractivity contribution in [3.8, 4) is 0 Å². The smallest absolute Gasteiger partial charge is 0.0567 e. The zero-order chi connectivity index (χ0) is 17.6. The molecule has 1 aromatic carbocycles. The summed E-state index contributed by atoms with van der Waals surface area (Å²) in [5.74, 6) is 3.58. The summed E-state index contributed by atoms with van der Waals surface area (Å²) in [6.07, 6.45) is 16.2. The first-order valence-corrected chi connectivity index (χ1v) is 11.9. The molecule has 25 heavy (non-hydrogen) atoms. The first kappa shape index (κ1) is 19.7. The molecule has 0 radical (unpaired) electrons. The Bertz CT molecular complexity index is 540. The lowest BCUT2D eigenvalue weighted by atomic mass is 9.68. The lowest BCUT2D eigenvalue weighted by molar-refractivity contribution is 0.171. The normalized spacial score (nSPS) is 30.0. The molecule has 0 amide bonds. The second-order valence-electron chi connectivity index (χ2n) is 8.23. The summed E-state index contributed by atoms with van der Waals surface area (Å²) < 4.78 is 1.13. The maximum absolute atomic E-state index is 3.52. The van der Waals surface area contributed by atoms with E-state index in [1.165, 1.54) is 69.8 Å². The molecule has 3 rings (SSSR count). The van der Waals surface area contributed by atoms with Gasteiger partial charge in [-0.15, -0.1) is 0 Å². The van der Waals surface area contributed by atoms with Crippen LogP contribution >= 0.6 is 31.9 Å². The molecular weight excluding hydrogens is 436 g/mol. The van der Waals surface area contributed by atoms with Crippen molar-refractivity contribution < 1.29 is 0 Å². The zero-order valence-corrected chi connectivity index (χ0v) is 18.7. The highest BCUT2D eigenvalue weighted by atomic mass is 79.9. The van der Waals surface area contributed by atoms with E-state index in [1.807, 2.05) is 0 Å². The van der Waals surface area contributed by atoms with Gasteiger partial charge in [-0.25, -0.2) is 0 Å². The largest absolute Gasteiger partial charge is 0.0651 e. The van der Waals surface area contributed by atoms with Crippen LogP contribution in [0.4, 0.5) is 0 Å². The number of rotatable bonds is 5. The van der Waals surface area contributed by atoms with Gasteiger partial charge in [-0.05, 0) is 124 Å². The quantitative estimate of drug-likeness (QED) is 0.408. The summed E-state index contributed by atoms with van der Waals surface area (Å²) in [6.45, 7) is 2.26. The van der Waals surface area contributed by atoms with Crippen LogP contribution in [0.1, 0.15) is 81.8 Å². The van der Waals surface area contributed by atoms with Crippen LogP contribution in [0.5, 0.6) is 0 Å². The molecule has 2 aliphatic carbocycles. The standard InChI is InChI=1S/C23H32Br2/c1-2-3-17-4-8-19(9-5-17)21-12-14-22(15-13-21)20-10-6-18(7-11-20)16-23(24)25/h4-5,8-9,16,18,20-22H,2-3,6-7,10-15H2,1H3. The van der Waals surface area contributed by atoms with Gasteiger partial charge in [0.05, 0.1) is 3.39 Å². The minimum atomic E-state index is 0.781. The third kappa shape index (κ3) is 5.70. The minimum absolute atomic E-state index is 0.781. The van der Waals surface area contributed by atoms with Gasteiger partial charge in [0.2, 0.25) is 0 Å². The summed E-state index contributed by atoms with van der Waals surface area (Å²) in [5.41, 5.74) is 3.09. The SMILES string of the molecule is CCCc1ccc(C2CCC(C3CCC(C=C(Br)Br)CC3)CC2)cc1. The second kappa shape index (κ2) is 9.74. The molecule has 0 nitrogen and oxygen atoms in total. The van der Waals surface area contributed by atoms with E-state index >= 15 is 0 Å². The molecule has 2 saturated carbocycles. The van der Waals surface area contributed by atoms with Gasteiger partial charge in [0.1, 0.15) is 0 Å². The van der Waals surface area contributed by atoms with Crippen molar-refractivity contribution in [2.24, 2.45) is 17.8 Å². The van der Waals surface area contributed by atoms with Gasteiger partial charge in [0.15, 0.2) is 0 Å². The average molecular weight is 468 g/mol. The number of halogens is 2. The number of hydrogen-bond acceptors (Lipinski definition) is 0. The van der Waals surface area contributed by atoms with Crippen LogP contribution in [0.25, 0.3) is 0 Å². The number of aryl methyl sites for hydroxylation is 1. The van der Waals surface area contributed by atoms with E-state index in [9.17, 15) is 0 Å².